The van der Waals surface area contributed by atoms with Crippen LogP contribution in [-0.2, 0) is 14.8 Å². The highest BCUT2D eigenvalue weighted by Gasteiger charge is 2.21. The molecule has 0 aliphatic carbocycles. The van der Waals surface area contributed by atoms with Gasteiger partial charge in [-0.2, -0.15) is 0 Å². The molecule has 122 valence electrons. The van der Waals surface area contributed by atoms with Gasteiger partial charge in [0.2, 0.25) is 15.9 Å². The number of sulfonamides is 1. The van der Waals surface area contributed by atoms with Gasteiger partial charge in [0, 0.05) is 17.4 Å². The SMILES string of the molecule is C[NH+]1CCN(C(=O)CCNS(=O)(=O)c2ccc(Br)cc2)CC1. The van der Waals surface area contributed by atoms with Crippen molar-refractivity contribution < 1.29 is 18.1 Å². The number of hydrogen-bond donors (Lipinski definition) is 2. The number of likely N-dealkylation sites (N-methyl/N-ethyl adjacent to an activating group) is 1. The van der Waals surface area contributed by atoms with E-state index < -0.39 is 10.0 Å². The molecule has 1 aromatic rings. The topological polar surface area (TPSA) is 70.9 Å². The Morgan fingerprint density at radius 2 is 1.86 bits per heavy atom. The zero-order valence-electron chi connectivity index (χ0n) is 12.5. The van der Waals surface area contributed by atoms with Crippen molar-refractivity contribution in [3.05, 3.63) is 28.7 Å². The minimum absolute atomic E-state index is 0.00556. The molecule has 0 aromatic heterocycles. The summed E-state index contributed by atoms with van der Waals surface area (Å²) in [5.74, 6) is 0.00556. The van der Waals surface area contributed by atoms with E-state index in [1.165, 1.54) is 17.0 Å². The third-order valence-corrected chi connectivity index (χ3v) is 5.73. The summed E-state index contributed by atoms with van der Waals surface area (Å²) < 4.78 is 27.5. The average Bonchev–Trinajstić information content (AvgIpc) is 2.48. The van der Waals surface area contributed by atoms with Gasteiger partial charge in [0.1, 0.15) is 0 Å². The molecule has 1 heterocycles. The molecule has 1 aliphatic heterocycles. The molecule has 8 heteroatoms. The first-order valence-electron chi connectivity index (χ1n) is 7.23. The Bertz CT molecular complexity index is 611. The van der Waals surface area contributed by atoms with Crippen LogP contribution in [0.5, 0.6) is 0 Å². The molecule has 2 rings (SSSR count). The summed E-state index contributed by atoms with van der Waals surface area (Å²) in [6, 6.07) is 6.40. The average molecular weight is 391 g/mol. The van der Waals surface area contributed by atoms with E-state index in [0.717, 1.165) is 30.7 Å². The van der Waals surface area contributed by atoms with Gasteiger partial charge in [-0.1, -0.05) is 15.9 Å². The largest absolute Gasteiger partial charge is 0.334 e. The van der Waals surface area contributed by atoms with Gasteiger partial charge in [0.05, 0.1) is 38.1 Å². The van der Waals surface area contributed by atoms with Crippen molar-refractivity contribution in [2.24, 2.45) is 0 Å². The molecule has 0 radical (unpaired) electrons. The van der Waals surface area contributed by atoms with Crippen LogP contribution in [0.3, 0.4) is 0 Å². The Hall–Kier alpha value is -0.960. The maximum Gasteiger partial charge on any atom is 0.240 e. The summed E-state index contributed by atoms with van der Waals surface area (Å²) in [6.45, 7) is 3.48. The highest BCUT2D eigenvalue weighted by molar-refractivity contribution is 9.10. The molecule has 1 aromatic carbocycles. The van der Waals surface area contributed by atoms with E-state index in [2.05, 4.69) is 27.7 Å². The molecule has 6 nitrogen and oxygen atoms in total. The lowest BCUT2D eigenvalue weighted by Crippen LogP contribution is -3.12. The number of carbonyl (C=O) groups is 1. The van der Waals surface area contributed by atoms with Crippen LogP contribution >= 0.6 is 15.9 Å². The summed E-state index contributed by atoms with van der Waals surface area (Å²) in [5.41, 5.74) is 0. The summed E-state index contributed by atoms with van der Waals surface area (Å²) >= 11 is 3.27. The molecule has 0 atom stereocenters. The van der Waals surface area contributed by atoms with E-state index in [1.54, 1.807) is 17.0 Å². The van der Waals surface area contributed by atoms with Crippen LogP contribution < -0.4 is 9.62 Å². The Balaban J connectivity index is 1.82. The van der Waals surface area contributed by atoms with Gasteiger partial charge in [-0.25, -0.2) is 13.1 Å². The molecular formula is C14H21BrN3O3S+. The number of hydrogen-bond acceptors (Lipinski definition) is 3. The number of piperazine rings is 1. The molecule has 1 amide bonds. The Morgan fingerprint density at radius 3 is 2.45 bits per heavy atom. The quantitative estimate of drug-likeness (QED) is 0.710. The highest BCUT2D eigenvalue weighted by Crippen LogP contribution is 2.14. The van der Waals surface area contributed by atoms with E-state index >= 15 is 0 Å². The maximum absolute atomic E-state index is 12.1. The summed E-state index contributed by atoms with van der Waals surface area (Å²) in [5, 5.41) is 0. The van der Waals surface area contributed by atoms with Crippen molar-refractivity contribution in [1.29, 1.82) is 0 Å². The lowest BCUT2D eigenvalue weighted by atomic mass is 10.3. The molecule has 22 heavy (non-hydrogen) atoms. The van der Waals surface area contributed by atoms with Gasteiger partial charge in [0.25, 0.3) is 0 Å². The fraction of sp³-hybridized carbons (Fsp3) is 0.500. The summed E-state index contributed by atoms with van der Waals surface area (Å²) in [4.78, 5) is 15.5. The second-order valence-electron chi connectivity index (χ2n) is 5.44. The van der Waals surface area contributed by atoms with E-state index in [-0.39, 0.29) is 23.8 Å². The molecule has 0 bridgehead atoms. The summed E-state index contributed by atoms with van der Waals surface area (Å²) in [6.07, 6.45) is 0.189. The van der Waals surface area contributed by atoms with Crippen LogP contribution in [0.2, 0.25) is 0 Å². The number of rotatable bonds is 5. The van der Waals surface area contributed by atoms with Crippen LogP contribution in [0.25, 0.3) is 0 Å². The van der Waals surface area contributed by atoms with Crippen molar-refractivity contribution in [3.8, 4) is 0 Å². The number of nitrogens with zero attached hydrogens (tertiary/aromatic N) is 1. The van der Waals surface area contributed by atoms with Gasteiger partial charge in [-0.3, -0.25) is 4.79 Å². The molecule has 0 spiro atoms. The zero-order chi connectivity index (χ0) is 16.2. The van der Waals surface area contributed by atoms with Crippen molar-refractivity contribution in [3.63, 3.8) is 0 Å². The van der Waals surface area contributed by atoms with Gasteiger partial charge >= 0.3 is 0 Å². The minimum atomic E-state index is -3.56. The third-order valence-electron chi connectivity index (χ3n) is 3.72. The maximum atomic E-state index is 12.1. The second-order valence-corrected chi connectivity index (χ2v) is 8.12. The van der Waals surface area contributed by atoms with Gasteiger partial charge in [-0.05, 0) is 24.3 Å². The van der Waals surface area contributed by atoms with E-state index in [1.807, 2.05) is 0 Å². The molecule has 1 fully saturated rings. The predicted molar refractivity (Wildman–Crippen MR) is 87.1 cm³/mol. The van der Waals surface area contributed by atoms with Gasteiger partial charge in [-0.15, -0.1) is 0 Å². The van der Waals surface area contributed by atoms with Crippen LogP contribution in [0, 0.1) is 0 Å². The number of carbonyl (C=O) groups excluding carboxylic acids is 1. The van der Waals surface area contributed by atoms with Gasteiger partial charge in [0.15, 0.2) is 0 Å². The first-order chi connectivity index (χ1) is 10.4. The van der Waals surface area contributed by atoms with E-state index in [9.17, 15) is 13.2 Å². The van der Waals surface area contributed by atoms with Crippen LogP contribution in [0.1, 0.15) is 6.42 Å². The second kappa shape index (κ2) is 7.54. The Kier molecular flexibility index (Phi) is 5.96. The monoisotopic (exact) mass is 390 g/mol. The van der Waals surface area contributed by atoms with Crippen molar-refractivity contribution in [2.45, 2.75) is 11.3 Å². The first-order valence-corrected chi connectivity index (χ1v) is 9.50. The van der Waals surface area contributed by atoms with Gasteiger partial charge < -0.3 is 9.80 Å². The lowest BCUT2D eigenvalue weighted by Gasteiger charge is -2.30. The fourth-order valence-electron chi connectivity index (χ4n) is 2.29. The predicted octanol–water partition coefficient (Wildman–Crippen LogP) is -0.526. The first kappa shape index (κ1) is 17.4. The Labute approximate surface area is 139 Å². The molecule has 0 unspecified atom stereocenters. The number of benzene rings is 1. The standard InChI is InChI=1S/C14H20BrN3O3S/c1-17-8-10-18(11-9-17)14(19)6-7-16-22(20,21)13-4-2-12(15)3-5-13/h2-5,16H,6-11H2,1H3/p+1. The normalized spacial score (nSPS) is 16.7. The molecular weight excluding hydrogens is 370 g/mol. The number of amides is 1. The molecule has 0 saturated carbocycles. The lowest BCUT2D eigenvalue weighted by molar-refractivity contribution is -0.883. The fourth-order valence-corrected chi connectivity index (χ4v) is 3.58. The van der Waals surface area contributed by atoms with Crippen molar-refractivity contribution in [2.75, 3.05) is 39.8 Å². The minimum Gasteiger partial charge on any atom is -0.334 e. The highest BCUT2D eigenvalue weighted by atomic mass is 79.9. The van der Waals surface area contributed by atoms with Crippen LogP contribution in [0.4, 0.5) is 0 Å². The number of halogens is 1. The van der Waals surface area contributed by atoms with Crippen molar-refractivity contribution in [1.82, 2.24) is 9.62 Å². The molecule has 2 N–H and O–H groups in total. The number of quaternary nitrogens is 1. The van der Waals surface area contributed by atoms with E-state index in [4.69, 9.17) is 0 Å². The van der Waals surface area contributed by atoms with Crippen molar-refractivity contribution >= 4 is 31.9 Å². The third kappa shape index (κ3) is 4.77. The number of nitrogens with one attached hydrogen (secondary N) is 2. The zero-order valence-corrected chi connectivity index (χ0v) is 14.9. The molecule has 1 saturated heterocycles. The van der Waals surface area contributed by atoms with Crippen LogP contribution in [-0.4, -0.2) is 59.0 Å². The van der Waals surface area contributed by atoms with E-state index in [0.29, 0.717) is 0 Å². The smallest absolute Gasteiger partial charge is 0.240 e. The van der Waals surface area contributed by atoms with Crippen LogP contribution in [0.15, 0.2) is 33.6 Å². The Morgan fingerprint density at radius 1 is 1.27 bits per heavy atom. The molecule has 1 aliphatic rings. The summed E-state index contributed by atoms with van der Waals surface area (Å²) in [7, 11) is -1.45.